The van der Waals surface area contributed by atoms with E-state index in [-0.39, 0.29) is 17.3 Å². The largest absolute Gasteiger partial charge is 0.398 e. The van der Waals surface area contributed by atoms with Gasteiger partial charge in [0, 0.05) is 11.7 Å². The summed E-state index contributed by atoms with van der Waals surface area (Å²) in [7, 11) is 0. The van der Waals surface area contributed by atoms with Gasteiger partial charge in [0.15, 0.2) is 0 Å². The van der Waals surface area contributed by atoms with Gasteiger partial charge < -0.3 is 16.8 Å². The van der Waals surface area contributed by atoms with Gasteiger partial charge in [-0.25, -0.2) is 4.39 Å². The second kappa shape index (κ2) is 5.47. The topological polar surface area (TPSA) is 81.1 Å². The number of nitrogens with two attached hydrogens (primary N) is 2. The van der Waals surface area contributed by atoms with Gasteiger partial charge in [0.05, 0.1) is 11.3 Å². The fraction of sp³-hybridized carbons (Fsp3) is 0.500. The molecule has 0 radical (unpaired) electrons. The first kappa shape index (κ1) is 13.6. The highest BCUT2D eigenvalue weighted by atomic mass is 19.1. The molecule has 0 heterocycles. The highest BCUT2D eigenvalue weighted by molar-refractivity contribution is 5.99. The number of anilines is 2. The van der Waals surface area contributed by atoms with Gasteiger partial charge in [-0.1, -0.05) is 19.8 Å². The number of nitrogens with one attached hydrogen (secondary N) is 1. The molecule has 2 rings (SSSR count). The Morgan fingerprint density at radius 2 is 2.21 bits per heavy atom. The second-order valence-electron chi connectivity index (χ2n) is 5.21. The van der Waals surface area contributed by atoms with Crippen molar-refractivity contribution in [2.45, 2.75) is 38.6 Å². The molecule has 0 aliphatic heterocycles. The molecule has 1 unspecified atom stereocenters. The Kier molecular flexibility index (Phi) is 3.93. The summed E-state index contributed by atoms with van der Waals surface area (Å²) >= 11 is 0. The maximum Gasteiger partial charge on any atom is 0.250 e. The van der Waals surface area contributed by atoms with Gasteiger partial charge in [0.1, 0.15) is 5.82 Å². The number of halogens is 1. The molecule has 1 aromatic rings. The van der Waals surface area contributed by atoms with Gasteiger partial charge in [0.2, 0.25) is 0 Å². The zero-order chi connectivity index (χ0) is 14.0. The first-order valence-electron chi connectivity index (χ1n) is 6.66. The van der Waals surface area contributed by atoms with E-state index in [1.807, 2.05) is 0 Å². The lowest BCUT2D eigenvalue weighted by Gasteiger charge is -2.19. The molecule has 0 saturated heterocycles. The first-order chi connectivity index (χ1) is 9.01. The van der Waals surface area contributed by atoms with Crippen molar-refractivity contribution in [2.75, 3.05) is 11.1 Å². The third kappa shape index (κ3) is 3.36. The van der Waals surface area contributed by atoms with Crippen LogP contribution in [0.25, 0.3) is 0 Å². The monoisotopic (exact) mass is 265 g/mol. The standard InChI is InChI=1S/C14H20FN3O/c1-2-9(5-8-3-4-8)18-13-6-10(14(17)19)12(16)7-11(13)15/h6-9,18H,2-5,16H2,1H3,(H2,17,19). The van der Waals surface area contributed by atoms with Gasteiger partial charge in [-0.2, -0.15) is 0 Å². The van der Waals surface area contributed by atoms with Crippen LogP contribution in [0.3, 0.4) is 0 Å². The lowest BCUT2D eigenvalue weighted by Crippen LogP contribution is -2.21. The minimum atomic E-state index is -0.643. The Morgan fingerprint density at radius 1 is 1.53 bits per heavy atom. The second-order valence-corrected chi connectivity index (χ2v) is 5.21. The van der Waals surface area contributed by atoms with E-state index < -0.39 is 11.7 Å². The van der Waals surface area contributed by atoms with Crippen LogP contribution in [-0.4, -0.2) is 11.9 Å². The van der Waals surface area contributed by atoms with Crippen LogP contribution in [-0.2, 0) is 0 Å². The van der Waals surface area contributed by atoms with E-state index in [0.29, 0.717) is 5.69 Å². The summed E-state index contributed by atoms with van der Waals surface area (Å²) in [6, 6.07) is 2.76. The molecular weight excluding hydrogens is 245 g/mol. The highest BCUT2D eigenvalue weighted by Gasteiger charge is 2.25. The number of hydrogen-bond acceptors (Lipinski definition) is 3. The summed E-state index contributed by atoms with van der Waals surface area (Å²) in [6.45, 7) is 2.06. The fourth-order valence-corrected chi connectivity index (χ4v) is 2.22. The lowest BCUT2D eigenvalue weighted by atomic mass is 10.1. The highest BCUT2D eigenvalue weighted by Crippen LogP contribution is 2.35. The Labute approximate surface area is 112 Å². The molecule has 1 fully saturated rings. The van der Waals surface area contributed by atoms with E-state index in [2.05, 4.69) is 12.2 Å². The summed E-state index contributed by atoms with van der Waals surface area (Å²) in [4.78, 5) is 11.2. The molecular formula is C14H20FN3O. The van der Waals surface area contributed by atoms with Crippen molar-refractivity contribution in [2.24, 2.45) is 11.7 Å². The molecule has 0 bridgehead atoms. The molecule has 1 aliphatic rings. The Bertz CT molecular complexity index is 486. The van der Waals surface area contributed by atoms with Crippen LogP contribution in [0.1, 0.15) is 43.0 Å². The number of primary amides is 1. The van der Waals surface area contributed by atoms with Crippen LogP contribution in [0.2, 0.25) is 0 Å². The average Bonchev–Trinajstić information content (AvgIpc) is 3.14. The normalized spacial score (nSPS) is 16.1. The van der Waals surface area contributed by atoms with Gasteiger partial charge >= 0.3 is 0 Å². The molecule has 5 N–H and O–H groups in total. The summed E-state index contributed by atoms with van der Waals surface area (Å²) in [5.74, 6) is -0.336. The summed E-state index contributed by atoms with van der Waals surface area (Å²) in [6.07, 6.45) is 4.46. The predicted octanol–water partition coefficient (Wildman–Crippen LogP) is 2.50. The smallest absolute Gasteiger partial charge is 0.250 e. The fourth-order valence-electron chi connectivity index (χ4n) is 2.22. The molecule has 0 aromatic heterocycles. The Morgan fingerprint density at radius 3 is 2.74 bits per heavy atom. The predicted molar refractivity (Wildman–Crippen MR) is 74.4 cm³/mol. The average molecular weight is 265 g/mol. The molecule has 1 aromatic carbocycles. The van der Waals surface area contributed by atoms with Crippen LogP contribution in [0, 0.1) is 11.7 Å². The van der Waals surface area contributed by atoms with Crippen LogP contribution in [0.4, 0.5) is 15.8 Å². The lowest BCUT2D eigenvalue weighted by molar-refractivity contribution is 0.100. The van der Waals surface area contributed by atoms with Crippen LogP contribution in [0.5, 0.6) is 0 Å². The molecule has 1 atom stereocenters. The molecule has 0 spiro atoms. The molecule has 5 heteroatoms. The third-order valence-corrected chi connectivity index (χ3v) is 3.57. The number of amides is 1. The minimum Gasteiger partial charge on any atom is -0.398 e. The van der Waals surface area contributed by atoms with Crippen LogP contribution in [0.15, 0.2) is 12.1 Å². The number of carbonyl (C=O) groups is 1. The summed E-state index contributed by atoms with van der Waals surface area (Å²) in [5, 5.41) is 3.15. The number of rotatable bonds is 6. The Balaban J connectivity index is 2.17. The van der Waals surface area contributed by atoms with Gasteiger partial charge in [-0.3, -0.25) is 4.79 Å². The number of nitrogen functional groups attached to an aromatic ring is 1. The summed E-state index contributed by atoms with van der Waals surface area (Å²) < 4.78 is 13.8. The van der Waals surface area contributed by atoms with Crippen LogP contribution >= 0.6 is 0 Å². The van der Waals surface area contributed by atoms with Crippen molar-refractivity contribution in [3.05, 3.63) is 23.5 Å². The minimum absolute atomic E-state index is 0.0748. The van der Waals surface area contributed by atoms with Crippen LogP contribution < -0.4 is 16.8 Å². The molecule has 104 valence electrons. The zero-order valence-corrected chi connectivity index (χ0v) is 11.1. The molecule has 4 nitrogen and oxygen atoms in total. The van der Waals surface area contributed by atoms with E-state index >= 15 is 0 Å². The van der Waals surface area contributed by atoms with E-state index in [1.54, 1.807) is 0 Å². The van der Waals surface area contributed by atoms with E-state index in [0.717, 1.165) is 24.8 Å². The van der Waals surface area contributed by atoms with Crippen molar-refractivity contribution in [3.63, 3.8) is 0 Å². The van der Waals surface area contributed by atoms with Gasteiger partial charge in [-0.15, -0.1) is 0 Å². The van der Waals surface area contributed by atoms with Crippen molar-refractivity contribution in [3.8, 4) is 0 Å². The van der Waals surface area contributed by atoms with E-state index in [9.17, 15) is 9.18 Å². The number of hydrogen-bond donors (Lipinski definition) is 3. The molecule has 1 aliphatic carbocycles. The molecule has 1 saturated carbocycles. The zero-order valence-electron chi connectivity index (χ0n) is 11.1. The third-order valence-electron chi connectivity index (χ3n) is 3.57. The van der Waals surface area contributed by atoms with Gasteiger partial charge in [0.25, 0.3) is 5.91 Å². The van der Waals surface area contributed by atoms with Crippen molar-refractivity contribution < 1.29 is 9.18 Å². The molecule has 19 heavy (non-hydrogen) atoms. The van der Waals surface area contributed by atoms with Crippen molar-refractivity contribution in [1.82, 2.24) is 0 Å². The SMILES string of the molecule is CCC(CC1CC1)Nc1cc(C(N)=O)c(N)cc1F. The summed E-state index contributed by atoms with van der Waals surface area (Å²) in [5.41, 5.74) is 11.3. The van der Waals surface area contributed by atoms with Crippen molar-refractivity contribution >= 4 is 17.3 Å². The quantitative estimate of drug-likeness (QED) is 0.691. The van der Waals surface area contributed by atoms with Gasteiger partial charge in [-0.05, 0) is 30.9 Å². The molecule has 1 amide bonds. The first-order valence-corrected chi connectivity index (χ1v) is 6.66. The maximum absolute atomic E-state index is 13.8. The Hall–Kier alpha value is -1.78. The van der Waals surface area contributed by atoms with E-state index in [1.165, 1.54) is 18.9 Å². The number of carbonyl (C=O) groups excluding carboxylic acids is 1. The number of benzene rings is 1. The van der Waals surface area contributed by atoms with Crippen molar-refractivity contribution in [1.29, 1.82) is 0 Å². The maximum atomic E-state index is 13.8. The van der Waals surface area contributed by atoms with E-state index in [4.69, 9.17) is 11.5 Å².